The minimum Gasteiger partial charge on any atom is -0.344 e. The Morgan fingerprint density at radius 1 is 1.03 bits per heavy atom. The van der Waals surface area contributed by atoms with Crippen LogP contribution in [0.4, 0.5) is 5.95 Å². The van der Waals surface area contributed by atoms with Gasteiger partial charge in [-0.2, -0.15) is 0 Å². The largest absolute Gasteiger partial charge is 0.344 e. The number of anilines is 1. The molecule has 0 bridgehead atoms. The Morgan fingerprint density at radius 2 is 1.76 bits per heavy atom. The number of benzene rings is 2. The first-order chi connectivity index (χ1) is 13.6. The molecule has 1 aliphatic heterocycles. The van der Waals surface area contributed by atoms with Gasteiger partial charge in [0.1, 0.15) is 5.69 Å². The van der Waals surface area contributed by atoms with Crippen LogP contribution < -0.4 is 10.2 Å². The molecule has 0 spiro atoms. The number of likely N-dealkylation sites (N-methyl/N-ethyl adjacent to an activating group) is 1. The zero-order chi connectivity index (χ0) is 19.5. The summed E-state index contributed by atoms with van der Waals surface area (Å²) in [6.45, 7) is 5.68. The van der Waals surface area contributed by atoms with E-state index in [4.69, 9.17) is 0 Å². The van der Waals surface area contributed by atoms with E-state index in [2.05, 4.69) is 56.4 Å². The molecular formula is C22H26ClN5O. The molecule has 1 unspecified atom stereocenters. The smallest absolute Gasteiger partial charge is 0.270 e. The Labute approximate surface area is 177 Å². The van der Waals surface area contributed by atoms with Crippen LogP contribution in [0.2, 0.25) is 0 Å². The summed E-state index contributed by atoms with van der Waals surface area (Å²) in [7, 11) is 2.11. The second kappa shape index (κ2) is 9.20. The van der Waals surface area contributed by atoms with Crippen molar-refractivity contribution in [2.24, 2.45) is 0 Å². The van der Waals surface area contributed by atoms with Crippen LogP contribution in [0.5, 0.6) is 0 Å². The van der Waals surface area contributed by atoms with Gasteiger partial charge in [0, 0.05) is 32.4 Å². The van der Waals surface area contributed by atoms with Crippen molar-refractivity contribution < 1.29 is 4.79 Å². The van der Waals surface area contributed by atoms with Crippen LogP contribution in [0.15, 0.2) is 54.7 Å². The molecule has 1 N–H and O–H groups in total. The SMILES string of the molecule is CC(NC(=O)c1ccnc(N2CCN(C)CC2)n1)c1cccc2ccccc12.Cl. The minimum absolute atomic E-state index is 0. The van der Waals surface area contributed by atoms with Crippen molar-refractivity contribution in [2.75, 3.05) is 38.1 Å². The molecule has 0 saturated carbocycles. The van der Waals surface area contributed by atoms with Gasteiger partial charge >= 0.3 is 0 Å². The van der Waals surface area contributed by atoms with Gasteiger partial charge in [0.05, 0.1) is 6.04 Å². The Bertz CT molecular complexity index is 982. The van der Waals surface area contributed by atoms with Gasteiger partial charge in [0.2, 0.25) is 5.95 Å². The van der Waals surface area contributed by atoms with Crippen molar-refractivity contribution >= 4 is 35.0 Å². The Kier molecular flexibility index (Phi) is 6.67. The van der Waals surface area contributed by atoms with E-state index in [-0.39, 0.29) is 24.4 Å². The van der Waals surface area contributed by atoms with Crippen LogP contribution in [0.1, 0.15) is 29.0 Å². The molecule has 1 aliphatic rings. The monoisotopic (exact) mass is 411 g/mol. The van der Waals surface area contributed by atoms with Gasteiger partial charge in [-0.3, -0.25) is 4.79 Å². The summed E-state index contributed by atoms with van der Waals surface area (Å²) in [6, 6.07) is 15.9. The molecule has 152 valence electrons. The summed E-state index contributed by atoms with van der Waals surface area (Å²) in [5, 5.41) is 5.40. The van der Waals surface area contributed by atoms with Gasteiger partial charge in [0.15, 0.2) is 0 Å². The fraction of sp³-hybridized carbons (Fsp3) is 0.318. The number of rotatable bonds is 4. The number of carbonyl (C=O) groups is 1. The summed E-state index contributed by atoms with van der Waals surface area (Å²) in [6.07, 6.45) is 1.66. The molecule has 2 heterocycles. The van der Waals surface area contributed by atoms with Crippen molar-refractivity contribution in [1.82, 2.24) is 20.2 Å². The first-order valence-electron chi connectivity index (χ1n) is 9.67. The van der Waals surface area contributed by atoms with E-state index in [0.29, 0.717) is 11.6 Å². The maximum absolute atomic E-state index is 12.8. The molecule has 1 fully saturated rings. The number of aromatic nitrogens is 2. The fourth-order valence-corrected chi connectivity index (χ4v) is 3.61. The predicted molar refractivity (Wildman–Crippen MR) is 119 cm³/mol. The van der Waals surface area contributed by atoms with Crippen LogP contribution in [-0.4, -0.2) is 54.0 Å². The summed E-state index contributed by atoms with van der Waals surface area (Å²) < 4.78 is 0. The van der Waals surface area contributed by atoms with Crippen molar-refractivity contribution in [3.05, 3.63) is 66.0 Å². The van der Waals surface area contributed by atoms with Crippen molar-refractivity contribution in [3.8, 4) is 0 Å². The molecule has 1 atom stereocenters. The molecule has 2 aromatic carbocycles. The summed E-state index contributed by atoms with van der Waals surface area (Å²) in [4.78, 5) is 26.1. The maximum atomic E-state index is 12.8. The van der Waals surface area contributed by atoms with Crippen molar-refractivity contribution in [3.63, 3.8) is 0 Å². The predicted octanol–water partition coefficient (Wildman–Crippen LogP) is 3.29. The number of piperazine rings is 1. The molecule has 0 radical (unpaired) electrons. The lowest BCUT2D eigenvalue weighted by Crippen LogP contribution is -2.45. The Balaban J connectivity index is 0.00000240. The Hall–Kier alpha value is -2.70. The van der Waals surface area contributed by atoms with Gasteiger partial charge in [-0.15, -0.1) is 12.4 Å². The molecule has 29 heavy (non-hydrogen) atoms. The van der Waals surface area contributed by atoms with E-state index in [0.717, 1.165) is 37.1 Å². The quantitative estimate of drug-likeness (QED) is 0.713. The lowest BCUT2D eigenvalue weighted by Gasteiger charge is -2.32. The van der Waals surface area contributed by atoms with E-state index >= 15 is 0 Å². The van der Waals surface area contributed by atoms with E-state index < -0.39 is 0 Å². The third-order valence-electron chi connectivity index (χ3n) is 5.30. The molecule has 6 nitrogen and oxygen atoms in total. The standard InChI is InChI=1S/C22H25N5O.ClH/c1-16(18-9-5-7-17-6-3-4-8-19(17)18)24-21(28)20-10-11-23-22(25-20)27-14-12-26(2)13-15-27;/h3-11,16H,12-15H2,1-2H3,(H,24,28);1H. The van der Waals surface area contributed by atoms with Crippen molar-refractivity contribution in [2.45, 2.75) is 13.0 Å². The second-order valence-corrected chi connectivity index (χ2v) is 7.30. The number of hydrogen-bond donors (Lipinski definition) is 1. The van der Waals surface area contributed by atoms with Crippen molar-refractivity contribution in [1.29, 1.82) is 0 Å². The Morgan fingerprint density at radius 3 is 2.55 bits per heavy atom. The molecule has 3 aromatic rings. The summed E-state index contributed by atoms with van der Waals surface area (Å²) in [5.74, 6) is 0.441. The lowest BCUT2D eigenvalue weighted by molar-refractivity contribution is 0.0935. The average Bonchev–Trinajstić information content (AvgIpc) is 2.74. The van der Waals surface area contributed by atoms with Crippen LogP contribution in [0.3, 0.4) is 0 Å². The molecule has 1 saturated heterocycles. The van der Waals surface area contributed by atoms with Gasteiger partial charge in [-0.1, -0.05) is 42.5 Å². The highest BCUT2D eigenvalue weighted by atomic mass is 35.5. The number of amides is 1. The highest BCUT2D eigenvalue weighted by Gasteiger charge is 2.19. The first-order valence-corrected chi connectivity index (χ1v) is 9.67. The third-order valence-corrected chi connectivity index (χ3v) is 5.30. The van der Waals surface area contributed by atoms with Gasteiger partial charge in [0.25, 0.3) is 5.91 Å². The van der Waals surface area contributed by atoms with Crippen LogP contribution in [-0.2, 0) is 0 Å². The van der Waals surface area contributed by atoms with Crippen LogP contribution >= 0.6 is 12.4 Å². The van der Waals surface area contributed by atoms with Gasteiger partial charge in [-0.25, -0.2) is 9.97 Å². The molecule has 0 aliphatic carbocycles. The van der Waals surface area contributed by atoms with Crippen LogP contribution in [0, 0.1) is 0 Å². The minimum atomic E-state index is -0.182. The molecular weight excluding hydrogens is 386 g/mol. The van der Waals surface area contributed by atoms with Gasteiger partial charge in [-0.05, 0) is 36.4 Å². The third kappa shape index (κ3) is 4.66. The number of nitrogens with zero attached hydrogens (tertiary/aromatic N) is 4. The fourth-order valence-electron chi connectivity index (χ4n) is 3.61. The number of fused-ring (bicyclic) bond motifs is 1. The highest BCUT2D eigenvalue weighted by molar-refractivity contribution is 5.93. The molecule has 4 rings (SSSR count). The lowest BCUT2D eigenvalue weighted by atomic mass is 9.99. The van der Waals surface area contributed by atoms with Gasteiger partial charge < -0.3 is 15.1 Å². The molecule has 7 heteroatoms. The number of halogens is 1. The van der Waals surface area contributed by atoms with E-state index in [1.807, 2.05) is 25.1 Å². The van der Waals surface area contributed by atoms with E-state index in [9.17, 15) is 4.79 Å². The second-order valence-electron chi connectivity index (χ2n) is 7.30. The topological polar surface area (TPSA) is 61.4 Å². The van der Waals surface area contributed by atoms with E-state index in [1.54, 1.807) is 12.3 Å². The number of hydrogen-bond acceptors (Lipinski definition) is 5. The normalized spacial score (nSPS) is 15.6. The summed E-state index contributed by atoms with van der Waals surface area (Å²) in [5.41, 5.74) is 1.50. The number of nitrogens with one attached hydrogen (secondary N) is 1. The first kappa shape index (κ1) is 21.0. The molecule has 1 amide bonds. The average molecular weight is 412 g/mol. The summed E-state index contributed by atoms with van der Waals surface area (Å²) >= 11 is 0. The highest BCUT2D eigenvalue weighted by Crippen LogP contribution is 2.24. The maximum Gasteiger partial charge on any atom is 0.270 e. The zero-order valence-corrected chi connectivity index (χ0v) is 17.5. The molecule has 1 aromatic heterocycles. The number of carbonyl (C=O) groups excluding carboxylic acids is 1. The van der Waals surface area contributed by atoms with E-state index in [1.165, 1.54) is 5.39 Å². The zero-order valence-electron chi connectivity index (χ0n) is 16.7. The van der Waals surface area contributed by atoms with Crippen LogP contribution in [0.25, 0.3) is 10.8 Å².